The van der Waals surface area contributed by atoms with Crippen LogP contribution in [0.5, 0.6) is 5.75 Å². The second kappa shape index (κ2) is 5.36. The molecule has 2 atom stereocenters. The first-order valence-corrected chi connectivity index (χ1v) is 7.55. The van der Waals surface area contributed by atoms with Gasteiger partial charge in [-0.1, -0.05) is 23.7 Å². The maximum atomic E-state index is 10.4. The van der Waals surface area contributed by atoms with E-state index < -0.39 is 6.10 Å². The minimum atomic E-state index is -0.543. The van der Waals surface area contributed by atoms with E-state index in [4.69, 9.17) is 16.3 Å². The molecule has 1 N–H and O–H groups in total. The van der Waals surface area contributed by atoms with Gasteiger partial charge in [0.05, 0.1) is 6.10 Å². The summed E-state index contributed by atoms with van der Waals surface area (Å²) < 4.78 is 6.10. The van der Waals surface area contributed by atoms with Crippen LogP contribution in [0.25, 0.3) is 0 Å². The molecule has 0 bridgehead atoms. The van der Waals surface area contributed by atoms with Gasteiger partial charge in [-0.2, -0.15) is 0 Å². The Morgan fingerprint density at radius 3 is 2.48 bits per heavy atom. The predicted octanol–water partition coefficient (Wildman–Crippen LogP) is 4.82. The molecule has 0 aliphatic carbocycles. The van der Waals surface area contributed by atoms with Crippen LogP contribution in [0.1, 0.15) is 46.4 Å². The van der Waals surface area contributed by atoms with E-state index in [9.17, 15) is 5.11 Å². The molecule has 21 heavy (non-hydrogen) atoms. The topological polar surface area (TPSA) is 29.5 Å². The van der Waals surface area contributed by atoms with Gasteiger partial charge in [0, 0.05) is 17.0 Å². The summed E-state index contributed by atoms with van der Waals surface area (Å²) in [5.74, 6) is 0.723. The molecule has 3 rings (SSSR count). The Hall–Kier alpha value is -1.51. The molecule has 2 aromatic carbocycles. The minimum absolute atomic E-state index is 0.118. The predicted molar refractivity (Wildman–Crippen MR) is 85.1 cm³/mol. The maximum absolute atomic E-state index is 10.4. The number of aliphatic hydroxyl groups is 1. The quantitative estimate of drug-likeness (QED) is 0.818. The molecule has 110 valence electrons. The Morgan fingerprint density at radius 2 is 1.71 bits per heavy atom. The first-order chi connectivity index (χ1) is 9.95. The van der Waals surface area contributed by atoms with Gasteiger partial charge >= 0.3 is 0 Å². The molecule has 0 amide bonds. The second-order valence-electron chi connectivity index (χ2n) is 5.83. The lowest BCUT2D eigenvalue weighted by atomic mass is 9.91. The molecule has 1 aliphatic heterocycles. The molecular weight excluding hydrogens is 284 g/mol. The van der Waals surface area contributed by atoms with Crippen LogP contribution in [0.2, 0.25) is 5.02 Å². The first kappa shape index (κ1) is 14.4. The maximum Gasteiger partial charge on any atom is 0.127 e. The van der Waals surface area contributed by atoms with Gasteiger partial charge in [0.2, 0.25) is 0 Å². The summed E-state index contributed by atoms with van der Waals surface area (Å²) in [5, 5.41) is 11.0. The average molecular weight is 303 g/mol. The monoisotopic (exact) mass is 302 g/mol. The van der Waals surface area contributed by atoms with Gasteiger partial charge in [-0.3, -0.25) is 0 Å². The van der Waals surface area contributed by atoms with E-state index >= 15 is 0 Å². The molecule has 1 heterocycles. The number of rotatable bonds is 1. The number of aryl methyl sites for hydroxylation is 3. The van der Waals surface area contributed by atoms with Crippen LogP contribution < -0.4 is 4.74 Å². The average Bonchev–Trinajstić information content (AvgIpc) is 2.43. The Morgan fingerprint density at radius 1 is 1.00 bits per heavy atom. The summed E-state index contributed by atoms with van der Waals surface area (Å²) in [6.45, 7) is 6.31. The van der Waals surface area contributed by atoms with Crippen molar-refractivity contribution in [3.63, 3.8) is 0 Å². The fraction of sp³-hybridized carbons (Fsp3) is 0.333. The fourth-order valence-corrected chi connectivity index (χ4v) is 3.12. The van der Waals surface area contributed by atoms with E-state index in [2.05, 4.69) is 32.9 Å². The number of ether oxygens (including phenoxy) is 1. The Balaban J connectivity index is 1.99. The zero-order valence-corrected chi connectivity index (χ0v) is 13.2. The standard InChI is InChI=1S/C18H19ClO2/c1-10-6-12(3)14(7-11(10)2)18-9-16(20)15-8-13(19)4-5-17(15)21-18/h4-8,16,18,20H,9H2,1-3H3/t16-,18?/m0/s1. The van der Waals surface area contributed by atoms with Gasteiger partial charge in [-0.05, 0) is 61.2 Å². The highest BCUT2D eigenvalue weighted by Crippen LogP contribution is 2.42. The zero-order chi connectivity index (χ0) is 15.1. The molecule has 0 fully saturated rings. The normalized spacial score (nSPS) is 20.8. The molecule has 0 saturated carbocycles. The highest BCUT2D eigenvalue weighted by molar-refractivity contribution is 6.30. The third kappa shape index (κ3) is 2.66. The van der Waals surface area contributed by atoms with Crippen molar-refractivity contribution in [3.05, 3.63) is 63.2 Å². The summed E-state index contributed by atoms with van der Waals surface area (Å²) in [6.07, 6.45) is -0.108. The summed E-state index contributed by atoms with van der Waals surface area (Å²) >= 11 is 5.99. The summed E-state index contributed by atoms with van der Waals surface area (Å²) in [5.41, 5.74) is 5.65. The van der Waals surface area contributed by atoms with Crippen molar-refractivity contribution in [1.82, 2.24) is 0 Å². The van der Waals surface area contributed by atoms with Crippen LogP contribution in [0, 0.1) is 20.8 Å². The Bertz CT molecular complexity index is 694. The number of benzene rings is 2. The molecule has 1 unspecified atom stereocenters. The molecule has 0 saturated heterocycles. The van der Waals surface area contributed by atoms with Crippen LogP contribution in [0.3, 0.4) is 0 Å². The van der Waals surface area contributed by atoms with Crippen molar-refractivity contribution in [2.24, 2.45) is 0 Å². The molecule has 0 spiro atoms. The number of halogens is 1. The van der Waals surface area contributed by atoms with E-state index in [1.54, 1.807) is 12.1 Å². The summed E-state index contributed by atoms with van der Waals surface area (Å²) in [4.78, 5) is 0. The van der Waals surface area contributed by atoms with Crippen LogP contribution in [-0.4, -0.2) is 5.11 Å². The van der Waals surface area contributed by atoms with Gasteiger partial charge < -0.3 is 9.84 Å². The van der Waals surface area contributed by atoms with Crippen molar-refractivity contribution in [1.29, 1.82) is 0 Å². The molecule has 2 aromatic rings. The Kier molecular flexibility index (Phi) is 3.68. The summed E-state index contributed by atoms with van der Waals surface area (Å²) in [6, 6.07) is 9.76. The third-order valence-electron chi connectivity index (χ3n) is 4.27. The molecule has 0 radical (unpaired) electrons. The van der Waals surface area contributed by atoms with Crippen molar-refractivity contribution < 1.29 is 9.84 Å². The third-order valence-corrected chi connectivity index (χ3v) is 4.50. The van der Waals surface area contributed by atoms with Crippen molar-refractivity contribution in [3.8, 4) is 5.75 Å². The Labute approximate surface area is 130 Å². The van der Waals surface area contributed by atoms with E-state index in [-0.39, 0.29) is 6.10 Å². The van der Waals surface area contributed by atoms with Crippen LogP contribution in [-0.2, 0) is 0 Å². The fourth-order valence-electron chi connectivity index (χ4n) is 2.94. The number of hydrogen-bond acceptors (Lipinski definition) is 2. The van der Waals surface area contributed by atoms with Crippen molar-refractivity contribution in [2.45, 2.75) is 39.4 Å². The SMILES string of the molecule is Cc1cc(C)c(C2C[C@H](O)c3cc(Cl)ccc3O2)cc1C. The van der Waals surface area contributed by atoms with Crippen molar-refractivity contribution >= 4 is 11.6 Å². The van der Waals surface area contributed by atoms with Crippen molar-refractivity contribution in [2.75, 3.05) is 0 Å². The van der Waals surface area contributed by atoms with E-state index in [1.807, 2.05) is 6.07 Å². The van der Waals surface area contributed by atoms with Gasteiger partial charge in [-0.15, -0.1) is 0 Å². The van der Waals surface area contributed by atoms with Gasteiger partial charge in [-0.25, -0.2) is 0 Å². The van der Waals surface area contributed by atoms with Crippen LogP contribution >= 0.6 is 11.6 Å². The highest BCUT2D eigenvalue weighted by Gasteiger charge is 2.29. The largest absolute Gasteiger partial charge is 0.485 e. The van der Waals surface area contributed by atoms with Crippen LogP contribution in [0.4, 0.5) is 0 Å². The van der Waals surface area contributed by atoms with E-state index in [0.29, 0.717) is 11.4 Å². The highest BCUT2D eigenvalue weighted by atomic mass is 35.5. The van der Waals surface area contributed by atoms with Gasteiger partial charge in [0.1, 0.15) is 11.9 Å². The molecule has 0 aromatic heterocycles. The molecule has 1 aliphatic rings. The lowest BCUT2D eigenvalue weighted by Crippen LogP contribution is -2.20. The van der Waals surface area contributed by atoms with Gasteiger partial charge in [0.15, 0.2) is 0 Å². The minimum Gasteiger partial charge on any atom is -0.485 e. The number of fused-ring (bicyclic) bond motifs is 1. The molecule has 2 nitrogen and oxygen atoms in total. The number of aliphatic hydroxyl groups excluding tert-OH is 1. The second-order valence-corrected chi connectivity index (χ2v) is 6.27. The zero-order valence-electron chi connectivity index (χ0n) is 12.5. The molecule has 3 heteroatoms. The first-order valence-electron chi connectivity index (χ1n) is 7.17. The van der Waals surface area contributed by atoms with E-state index in [0.717, 1.165) is 16.9 Å². The van der Waals surface area contributed by atoms with Crippen LogP contribution in [0.15, 0.2) is 30.3 Å². The molecular formula is C18H19ClO2. The number of hydrogen-bond donors (Lipinski definition) is 1. The summed E-state index contributed by atoms with van der Waals surface area (Å²) in [7, 11) is 0. The van der Waals surface area contributed by atoms with E-state index in [1.165, 1.54) is 16.7 Å². The lowest BCUT2D eigenvalue weighted by Gasteiger charge is -2.31. The smallest absolute Gasteiger partial charge is 0.127 e. The lowest BCUT2D eigenvalue weighted by molar-refractivity contribution is 0.0654. The van der Waals surface area contributed by atoms with Gasteiger partial charge in [0.25, 0.3) is 0 Å².